The van der Waals surface area contributed by atoms with Crippen LogP contribution in [-0.4, -0.2) is 0 Å². The van der Waals surface area contributed by atoms with Gasteiger partial charge in [-0.15, -0.1) is 30.4 Å². The van der Waals surface area contributed by atoms with Gasteiger partial charge in [-0.05, 0) is 6.42 Å². The van der Waals surface area contributed by atoms with Crippen molar-refractivity contribution in [1.82, 2.24) is 0 Å². The third-order valence-corrected chi connectivity index (χ3v) is 2.62. The number of halogens is 2. The van der Waals surface area contributed by atoms with Gasteiger partial charge in [-0.25, -0.2) is 0 Å². The van der Waals surface area contributed by atoms with Crippen LogP contribution in [0.4, 0.5) is 0 Å². The van der Waals surface area contributed by atoms with Crippen LogP contribution in [0.2, 0.25) is 0 Å². The van der Waals surface area contributed by atoms with Crippen molar-refractivity contribution >= 4 is 24.8 Å². The van der Waals surface area contributed by atoms with Crippen molar-refractivity contribution in [3.05, 3.63) is 59.7 Å². The summed E-state index contributed by atoms with van der Waals surface area (Å²) in [6.45, 7) is 0. The average molecular weight is 305 g/mol. The Kier molecular flexibility index (Phi) is 7.41. The molecule has 1 aliphatic carbocycles. The molecular formula is C13H11Cl2OV-. The van der Waals surface area contributed by atoms with Gasteiger partial charge >= 0.3 is 21.0 Å². The normalized spacial score (nSPS) is 9.59. The van der Waals surface area contributed by atoms with E-state index in [0.29, 0.717) is 0 Å². The van der Waals surface area contributed by atoms with Gasteiger partial charge in [0.15, 0.2) is 0 Å². The minimum absolute atomic E-state index is 0. The number of benzene rings is 2. The van der Waals surface area contributed by atoms with Crippen LogP contribution in [0.1, 0.15) is 11.1 Å². The summed E-state index contributed by atoms with van der Waals surface area (Å²) in [5.74, 6) is 0. The molecule has 3 rings (SSSR count). The number of fused-ring (bicyclic) bond motifs is 3. The van der Waals surface area contributed by atoms with Crippen LogP contribution >= 0.6 is 24.8 Å². The summed E-state index contributed by atoms with van der Waals surface area (Å²) in [6, 6.07) is 18.1. The maximum Gasteiger partial charge on any atom is -0.0253 e. The summed E-state index contributed by atoms with van der Waals surface area (Å²) in [6.07, 6.45) is 1.05. The molecule has 0 saturated heterocycles. The van der Waals surface area contributed by atoms with Gasteiger partial charge in [0.05, 0.1) is 0 Å². The topological polar surface area (TPSA) is 17.1 Å². The zero-order valence-corrected chi connectivity index (χ0v) is 12.0. The SMILES string of the molecule is Cl.Cl.[O]=[V].[c-]1cccc2c1Cc1ccccc1-2. The van der Waals surface area contributed by atoms with Crippen molar-refractivity contribution in [1.29, 1.82) is 0 Å². The molecule has 0 aliphatic heterocycles. The summed E-state index contributed by atoms with van der Waals surface area (Å²) >= 11 is 1.06. The molecule has 0 saturated carbocycles. The van der Waals surface area contributed by atoms with Gasteiger partial charge in [-0.2, -0.15) is 29.8 Å². The first-order valence-corrected chi connectivity index (χ1v) is 5.28. The van der Waals surface area contributed by atoms with Crippen molar-refractivity contribution < 1.29 is 21.0 Å². The van der Waals surface area contributed by atoms with E-state index in [9.17, 15) is 0 Å². The molecule has 0 bridgehead atoms. The Morgan fingerprint density at radius 1 is 0.941 bits per heavy atom. The Morgan fingerprint density at radius 3 is 2.35 bits per heavy atom. The molecule has 17 heavy (non-hydrogen) atoms. The van der Waals surface area contributed by atoms with Gasteiger partial charge in [0, 0.05) is 0 Å². The Labute approximate surface area is 123 Å². The fourth-order valence-electron chi connectivity index (χ4n) is 2.00. The zero-order chi connectivity index (χ0) is 10.7. The first kappa shape index (κ1) is 16.4. The van der Waals surface area contributed by atoms with Crippen LogP contribution in [0.3, 0.4) is 0 Å². The largest absolute Gasteiger partial charge is 0.179 e. The van der Waals surface area contributed by atoms with Crippen molar-refractivity contribution in [3.63, 3.8) is 0 Å². The van der Waals surface area contributed by atoms with E-state index in [4.69, 9.17) is 3.67 Å². The first-order chi connectivity index (χ1) is 7.45. The minimum atomic E-state index is 0. The number of hydrogen-bond acceptors (Lipinski definition) is 1. The Bertz CT molecular complexity index is 445. The minimum Gasteiger partial charge on any atom is -0.179 e. The Balaban J connectivity index is 0.000000611. The van der Waals surface area contributed by atoms with Crippen LogP contribution in [0.5, 0.6) is 0 Å². The summed E-state index contributed by atoms with van der Waals surface area (Å²) in [5, 5.41) is 0. The van der Waals surface area contributed by atoms with E-state index < -0.39 is 0 Å². The predicted molar refractivity (Wildman–Crippen MR) is 68.7 cm³/mol. The maximum absolute atomic E-state index is 8.19. The Morgan fingerprint density at radius 2 is 1.59 bits per heavy atom. The van der Waals surface area contributed by atoms with Crippen LogP contribution in [0.15, 0.2) is 42.5 Å². The van der Waals surface area contributed by atoms with E-state index in [2.05, 4.69) is 42.5 Å². The molecule has 1 aliphatic rings. The maximum atomic E-state index is 8.19. The molecular weight excluding hydrogens is 294 g/mol. The second-order valence-corrected chi connectivity index (χ2v) is 3.40. The van der Waals surface area contributed by atoms with E-state index in [-0.39, 0.29) is 24.8 Å². The molecule has 0 fully saturated rings. The fourth-order valence-corrected chi connectivity index (χ4v) is 2.00. The molecule has 0 radical (unpaired) electrons. The smallest absolute Gasteiger partial charge is 0.0253 e. The molecule has 89 valence electrons. The fraction of sp³-hybridized carbons (Fsp3) is 0.0769. The van der Waals surface area contributed by atoms with Crippen molar-refractivity contribution in [3.8, 4) is 11.1 Å². The molecule has 2 aromatic rings. The summed E-state index contributed by atoms with van der Waals surface area (Å²) in [4.78, 5) is 0. The van der Waals surface area contributed by atoms with Gasteiger partial charge < -0.3 is 0 Å². The summed E-state index contributed by atoms with van der Waals surface area (Å²) < 4.78 is 8.19. The monoisotopic (exact) mass is 304 g/mol. The first-order valence-electron chi connectivity index (χ1n) is 4.71. The molecule has 0 heterocycles. The zero-order valence-electron chi connectivity index (χ0n) is 8.92. The van der Waals surface area contributed by atoms with Crippen molar-refractivity contribution in [2.45, 2.75) is 6.42 Å². The van der Waals surface area contributed by atoms with Gasteiger partial charge in [-0.1, -0.05) is 35.4 Å². The van der Waals surface area contributed by atoms with Gasteiger partial charge in [0.1, 0.15) is 0 Å². The molecule has 2 aromatic carbocycles. The van der Waals surface area contributed by atoms with Crippen LogP contribution in [-0.2, 0) is 27.5 Å². The van der Waals surface area contributed by atoms with Gasteiger partial charge in [-0.3, -0.25) is 0 Å². The number of hydrogen-bond donors (Lipinski definition) is 0. The summed E-state index contributed by atoms with van der Waals surface area (Å²) in [5.41, 5.74) is 5.51. The van der Waals surface area contributed by atoms with E-state index in [1.807, 2.05) is 6.07 Å². The molecule has 0 N–H and O–H groups in total. The van der Waals surface area contributed by atoms with E-state index in [1.54, 1.807) is 0 Å². The molecule has 1 nitrogen and oxygen atoms in total. The third-order valence-electron chi connectivity index (χ3n) is 2.62. The van der Waals surface area contributed by atoms with E-state index >= 15 is 0 Å². The van der Waals surface area contributed by atoms with Crippen LogP contribution in [0.25, 0.3) is 11.1 Å². The quantitative estimate of drug-likeness (QED) is 0.578. The van der Waals surface area contributed by atoms with E-state index in [1.165, 1.54) is 22.3 Å². The van der Waals surface area contributed by atoms with E-state index in [0.717, 1.165) is 23.8 Å². The number of rotatable bonds is 0. The Hall–Kier alpha value is -0.596. The molecule has 0 spiro atoms. The molecule has 0 amide bonds. The third kappa shape index (κ3) is 3.20. The molecule has 0 aromatic heterocycles. The van der Waals surface area contributed by atoms with Crippen molar-refractivity contribution in [2.75, 3.05) is 0 Å². The summed E-state index contributed by atoms with van der Waals surface area (Å²) in [7, 11) is 0. The van der Waals surface area contributed by atoms with Crippen LogP contribution < -0.4 is 0 Å². The molecule has 0 atom stereocenters. The second-order valence-electron chi connectivity index (χ2n) is 3.40. The average Bonchev–Trinajstić information content (AvgIpc) is 2.70. The van der Waals surface area contributed by atoms with Gasteiger partial charge in [0.2, 0.25) is 0 Å². The predicted octanol–water partition coefficient (Wildman–Crippen LogP) is 3.78. The van der Waals surface area contributed by atoms with Crippen LogP contribution in [0, 0.1) is 6.07 Å². The molecule has 4 heteroatoms. The standard InChI is InChI=1S/C13H9.2ClH.O.V/c1-3-7-12-10(5-1)9-11-6-2-4-8-13(11)12;;;;/h1-5,7-8H,9H2;2*1H;;/q-1;;;;. The van der Waals surface area contributed by atoms with Gasteiger partial charge in [0.25, 0.3) is 0 Å². The second kappa shape index (κ2) is 7.68. The molecule has 0 unspecified atom stereocenters. The van der Waals surface area contributed by atoms with Crippen molar-refractivity contribution in [2.24, 2.45) is 0 Å².